The number of esters is 1. The first kappa shape index (κ1) is 34.5. The van der Waals surface area contributed by atoms with E-state index in [1.54, 1.807) is 0 Å². The molecular formula is C36H56O6. The molecule has 0 radical (unpaired) electrons. The molecule has 2 unspecified atom stereocenters. The fourth-order valence-corrected chi connectivity index (χ4v) is 6.94. The lowest BCUT2D eigenvalue weighted by molar-refractivity contribution is -0.145. The van der Waals surface area contributed by atoms with Crippen molar-refractivity contribution >= 4 is 5.97 Å². The highest BCUT2D eigenvalue weighted by Gasteiger charge is 2.34. The molecule has 2 fully saturated rings. The standard InChI is InChI=1S/C36H56O6/c1-4-5-6-7-28-8-10-29(11-9-28)12-13-30-14-16-31(17-15-30)32-18-20-33(21-19-32)34(24-41-35(39)26(2)22-37)25-42-36(40)27(3)23-38/h8-11,30-35,37-39H,2-7,12-25H2,1H3. The molecule has 2 saturated carbocycles. The van der Waals surface area contributed by atoms with Crippen molar-refractivity contribution in [3.8, 4) is 0 Å². The lowest BCUT2D eigenvalue weighted by Crippen LogP contribution is -2.33. The van der Waals surface area contributed by atoms with Crippen LogP contribution in [0.5, 0.6) is 0 Å². The van der Waals surface area contributed by atoms with E-state index < -0.39 is 18.9 Å². The van der Waals surface area contributed by atoms with E-state index in [9.17, 15) is 20.1 Å². The van der Waals surface area contributed by atoms with E-state index in [4.69, 9.17) is 9.47 Å². The van der Waals surface area contributed by atoms with E-state index in [1.807, 2.05) is 0 Å². The molecule has 3 N–H and O–H groups in total. The second-order valence-corrected chi connectivity index (χ2v) is 12.9. The second-order valence-electron chi connectivity index (χ2n) is 12.9. The summed E-state index contributed by atoms with van der Waals surface area (Å²) >= 11 is 0. The summed E-state index contributed by atoms with van der Waals surface area (Å²) in [6, 6.07) is 9.35. The molecule has 1 aromatic carbocycles. The van der Waals surface area contributed by atoms with Crippen LogP contribution in [-0.4, -0.2) is 54.0 Å². The highest BCUT2D eigenvalue weighted by molar-refractivity contribution is 5.87. The Balaban J connectivity index is 1.41. The van der Waals surface area contributed by atoms with E-state index in [-0.39, 0.29) is 36.9 Å². The molecule has 0 amide bonds. The van der Waals surface area contributed by atoms with Gasteiger partial charge in [-0.2, -0.15) is 0 Å². The average Bonchev–Trinajstić information content (AvgIpc) is 3.03. The van der Waals surface area contributed by atoms with Crippen molar-refractivity contribution in [1.82, 2.24) is 0 Å². The van der Waals surface area contributed by atoms with Crippen LogP contribution in [0.15, 0.2) is 48.6 Å². The molecule has 1 aromatic rings. The van der Waals surface area contributed by atoms with Crippen LogP contribution in [-0.2, 0) is 27.1 Å². The van der Waals surface area contributed by atoms with Crippen molar-refractivity contribution in [2.24, 2.45) is 29.6 Å². The van der Waals surface area contributed by atoms with Crippen LogP contribution in [0.1, 0.15) is 95.1 Å². The Hall–Kier alpha value is -1.99. The molecule has 6 heteroatoms. The zero-order valence-corrected chi connectivity index (χ0v) is 26.0. The van der Waals surface area contributed by atoms with Crippen LogP contribution < -0.4 is 0 Å². The summed E-state index contributed by atoms with van der Waals surface area (Å²) in [4.78, 5) is 12.1. The van der Waals surface area contributed by atoms with Crippen molar-refractivity contribution < 1.29 is 29.6 Å². The Morgan fingerprint density at radius 3 is 2.02 bits per heavy atom. The number of carbonyl (C=O) groups excluding carboxylic acids is 1. The summed E-state index contributed by atoms with van der Waals surface area (Å²) in [6.45, 7) is 9.01. The number of ether oxygens (including phenoxy) is 2. The quantitative estimate of drug-likeness (QED) is 0.0595. The van der Waals surface area contributed by atoms with Crippen molar-refractivity contribution in [3.63, 3.8) is 0 Å². The summed E-state index contributed by atoms with van der Waals surface area (Å²) in [5.41, 5.74) is 3.18. The van der Waals surface area contributed by atoms with Gasteiger partial charge in [-0.25, -0.2) is 4.79 Å². The van der Waals surface area contributed by atoms with Gasteiger partial charge in [0.25, 0.3) is 0 Å². The monoisotopic (exact) mass is 584 g/mol. The third-order valence-corrected chi connectivity index (χ3v) is 9.90. The zero-order valence-electron chi connectivity index (χ0n) is 26.0. The molecule has 6 nitrogen and oxygen atoms in total. The number of aliphatic hydroxyl groups excluding tert-OH is 3. The number of unbranched alkanes of at least 4 members (excludes halogenated alkanes) is 2. The Morgan fingerprint density at radius 1 is 0.857 bits per heavy atom. The van der Waals surface area contributed by atoms with Gasteiger partial charge >= 0.3 is 5.97 Å². The molecule has 3 rings (SSSR count). The minimum atomic E-state index is -1.25. The van der Waals surface area contributed by atoms with Crippen LogP contribution in [0.4, 0.5) is 0 Å². The van der Waals surface area contributed by atoms with Gasteiger partial charge in [-0.1, -0.05) is 70.0 Å². The van der Waals surface area contributed by atoms with E-state index >= 15 is 0 Å². The van der Waals surface area contributed by atoms with Gasteiger partial charge in [-0.05, 0) is 99.0 Å². The van der Waals surface area contributed by atoms with E-state index in [0.717, 1.165) is 30.6 Å². The Kier molecular flexibility index (Phi) is 15.3. The zero-order chi connectivity index (χ0) is 30.3. The fourth-order valence-electron chi connectivity index (χ4n) is 6.94. The maximum atomic E-state index is 12.1. The predicted molar refractivity (Wildman–Crippen MR) is 168 cm³/mol. The number of benzene rings is 1. The summed E-state index contributed by atoms with van der Waals surface area (Å²) in [7, 11) is 0. The van der Waals surface area contributed by atoms with Gasteiger partial charge in [0, 0.05) is 11.5 Å². The molecule has 2 aliphatic rings. The van der Waals surface area contributed by atoms with Gasteiger partial charge in [-0.15, -0.1) is 0 Å². The van der Waals surface area contributed by atoms with Gasteiger partial charge in [0.05, 0.1) is 32.0 Å². The molecule has 2 atom stereocenters. The van der Waals surface area contributed by atoms with E-state index in [0.29, 0.717) is 5.92 Å². The first-order valence-electron chi connectivity index (χ1n) is 16.5. The topological polar surface area (TPSA) is 96.2 Å². The lowest BCUT2D eigenvalue weighted by atomic mass is 9.67. The number of aliphatic hydroxyl groups is 3. The Bertz CT molecular complexity index is 940. The molecule has 0 bridgehead atoms. The number of carbonyl (C=O) groups is 1. The smallest absolute Gasteiger partial charge is 0.335 e. The summed E-state index contributed by atoms with van der Waals surface area (Å²) < 4.78 is 11.0. The average molecular weight is 585 g/mol. The fraction of sp³-hybridized carbons (Fsp3) is 0.694. The molecule has 0 heterocycles. The van der Waals surface area contributed by atoms with Crippen LogP contribution in [0, 0.1) is 29.6 Å². The SMILES string of the molecule is C=C(CO)C(=O)OCC(COC(O)C(=C)CO)C1CCC(C2CCC(CCc3ccc(CCCCC)cc3)CC2)CC1. The van der Waals surface area contributed by atoms with Crippen LogP contribution >= 0.6 is 0 Å². The summed E-state index contributed by atoms with van der Waals surface area (Å²) in [5.74, 6) is 2.03. The molecule has 2 aliphatic carbocycles. The molecule has 0 saturated heterocycles. The van der Waals surface area contributed by atoms with E-state index in [2.05, 4.69) is 44.3 Å². The third kappa shape index (κ3) is 11.3. The number of hydrogen-bond donors (Lipinski definition) is 3. The largest absolute Gasteiger partial charge is 0.462 e. The third-order valence-electron chi connectivity index (χ3n) is 9.90. The molecule has 236 valence electrons. The van der Waals surface area contributed by atoms with Crippen molar-refractivity contribution in [2.45, 2.75) is 103 Å². The van der Waals surface area contributed by atoms with Crippen LogP contribution in [0.25, 0.3) is 0 Å². The summed E-state index contributed by atoms with van der Waals surface area (Å²) in [5, 5.41) is 28.5. The second kappa shape index (κ2) is 18.6. The molecular weight excluding hydrogens is 528 g/mol. The predicted octanol–water partition coefficient (Wildman–Crippen LogP) is 6.56. The number of hydrogen-bond acceptors (Lipinski definition) is 6. The lowest BCUT2D eigenvalue weighted by Gasteiger charge is -2.39. The molecule has 42 heavy (non-hydrogen) atoms. The van der Waals surface area contributed by atoms with Gasteiger partial charge < -0.3 is 24.8 Å². The van der Waals surface area contributed by atoms with Crippen LogP contribution in [0.2, 0.25) is 0 Å². The molecule has 0 spiro atoms. The summed E-state index contributed by atoms with van der Waals surface area (Å²) in [6.07, 6.45) is 16.1. The number of aryl methyl sites for hydroxylation is 2. The minimum Gasteiger partial charge on any atom is -0.462 e. The molecule has 0 aliphatic heterocycles. The van der Waals surface area contributed by atoms with Gasteiger partial charge in [0.15, 0.2) is 6.29 Å². The van der Waals surface area contributed by atoms with Gasteiger partial charge in [0.2, 0.25) is 0 Å². The van der Waals surface area contributed by atoms with Crippen molar-refractivity contribution in [2.75, 3.05) is 26.4 Å². The van der Waals surface area contributed by atoms with Gasteiger partial charge in [-0.3, -0.25) is 0 Å². The highest BCUT2D eigenvalue weighted by atomic mass is 16.6. The number of rotatable bonds is 18. The van der Waals surface area contributed by atoms with E-state index in [1.165, 1.54) is 88.2 Å². The van der Waals surface area contributed by atoms with Crippen LogP contribution in [0.3, 0.4) is 0 Å². The minimum absolute atomic E-state index is 0.0263. The normalized spacial score (nSPS) is 24.1. The van der Waals surface area contributed by atoms with Gasteiger partial charge in [0.1, 0.15) is 0 Å². The van der Waals surface area contributed by atoms with Crippen molar-refractivity contribution in [1.29, 1.82) is 0 Å². The molecule has 0 aromatic heterocycles. The Labute approximate surface area is 254 Å². The van der Waals surface area contributed by atoms with Crippen molar-refractivity contribution in [3.05, 3.63) is 59.7 Å². The highest BCUT2D eigenvalue weighted by Crippen LogP contribution is 2.43. The maximum Gasteiger partial charge on any atom is 0.335 e. The first-order valence-corrected chi connectivity index (χ1v) is 16.5. The Morgan fingerprint density at radius 2 is 1.45 bits per heavy atom. The maximum absolute atomic E-state index is 12.1. The first-order chi connectivity index (χ1) is 20.3.